The Kier molecular flexibility index (Phi) is 13.2. The van der Waals surface area contributed by atoms with E-state index in [-0.39, 0.29) is 0 Å². The molecule has 0 aromatic heterocycles. The van der Waals surface area contributed by atoms with Gasteiger partial charge in [0.05, 0.1) is 0 Å². The minimum atomic E-state index is 0.463. The molecule has 0 aliphatic heterocycles. The Bertz CT molecular complexity index is 236. The molecule has 0 radical (unpaired) electrons. The largest absolute Gasteiger partial charge is 0.0885 e. The normalized spacial score (nSPS) is 14.0. The number of hydrogen-bond donors (Lipinski definition) is 0. The molecule has 0 spiro atoms. The fourth-order valence-corrected chi connectivity index (χ4v) is 2.83. The van der Waals surface area contributed by atoms with Crippen LogP contribution in [0.5, 0.6) is 0 Å². The van der Waals surface area contributed by atoms with Gasteiger partial charge in [0.15, 0.2) is 0 Å². The van der Waals surface area contributed by atoms with Crippen molar-refractivity contribution in [1.29, 1.82) is 0 Å². The molecular weight excluding hydrogens is 252 g/mol. The van der Waals surface area contributed by atoms with Crippen LogP contribution in [0.1, 0.15) is 112 Å². The van der Waals surface area contributed by atoms with Crippen molar-refractivity contribution in [1.82, 2.24) is 0 Å². The lowest BCUT2D eigenvalue weighted by Crippen LogP contribution is -2.20. The fraction of sp³-hybridized carbons (Fsp3) is 0.905. The molecule has 0 amide bonds. The average molecular weight is 295 g/mol. The van der Waals surface area contributed by atoms with Gasteiger partial charge in [-0.05, 0) is 24.2 Å². The van der Waals surface area contributed by atoms with Crippen LogP contribution in [0.3, 0.4) is 0 Å². The van der Waals surface area contributed by atoms with Gasteiger partial charge in [0.25, 0.3) is 0 Å². The zero-order valence-corrected chi connectivity index (χ0v) is 15.7. The molecule has 0 rings (SSSR count). The second-order valence-corrected chi connectivity index (χ2v) is 7.62. The van der Waals surface area contributed by atoms with Crippen LogP contribution in [-0.2, 0) is 0 Å². The molecule has 0 aromatic carbocycles. The molecule has 0 aromatic rings. The molecule has 0 saturated heterocycles. The Hall–Kier alpha value is -0.260. The van der Waals surface area contributed by atoms with Gasteiger partial charge in [-0.2, -0.15) is 0 Å². The molecule has 1 unspecified atom stereocenters. The number of hydrogen-bond acceptors (Lipinski definition) is 0. The first-order chi connectivity index (χ1) is 10.0. The quantitative estimate of drug-likeness (QED) is 0.225. The van der Waals surface area contributed by atoms with Gasteiger partial charge < -0.3 is 0 Å². The predicted octanol–water partition coefficient (Wildman–Crippen LogP) is 7.93. The Labute approximate surface area is 135 Å². The Morgan fingerprint density at radius 1 is 0.762 bits per heavy atom. The minimum absolute atomic E-state index is 0.463. The summed E-state index contributed by atoms with van der Waals surface area (Å²) < 4.78 is 0. The highest BCUT2D eigenvalue weighted by Gasteiger charge is 2.23. The number of rotatable bonds is 14. The molecule has 0 heterocycles. The zero-order valence-electron chi connectivity index (χ0n) is 15.7. The highest BCUT2D eigenvalue weighted by molar-refractivity contribution is 4.89. The van der Waals surface area contributed by atoms with Gasteiger partial charge in [-0.1, -0.05) is 111 Å². The first-order valence-corrected chi connectivity index (χ1v) is 9.69. The lowest BCUT2D eigenvalue weighted by Gasteiger charge is -2.31. The third kappa shape index (κ3) is 12.0. The van der Waals surface area contributed by atoms with E-state index in [1.54, 1.807) is 0 Å². The fourth-order valence-electron chi connectivity index (χ4n) is 2.83. The third-order valence-electron chi connectivity index (χ3n) is 5.11. The van der Waals surface area contributed by atoms with Crippen molar-refractivity contribution in [2.75, 3.05) is 0 Å². The van der Waals surface area contributed by atoms with Crippen molar-refractivity contribution in [3.05, 3.63) is 12.2 Å². The van der Waals surface area contributed by atoms with E-state index in [9.17, 15) is 0 Å². The van der Waals surface area contributed by atoms with E-state index in [1.807, 2.05) is 0 Å². The van der Waals surface area contributed by atoms with Crippen LogP contribution in [0, 0.1) is 11.3 Å². The summed E-state index contributed by atoms with van der Waals surface area (Å²) in [6.45, 7) is 11.9. The van der Waals surface area contributed by atoms with Gasteiger partial charge in [0, 0.05) is 0 Å². The first kappa shape index (κ1) is 20.7. The summed E-state index contributed by atoms with van der Waals surface area (Å²) in [7, 11) is 0. The smallest absolute Gasteiger partial charge is 0.0294 e. The maximum absolute atomic E-state index is 2.46. The Morgan fingerprint density at radius 2 is 1.33 bits per heavy atom. The van der Waals surface area contributed by atoms with Crippen molar-refractivity contribution in [3.8, 4) is 0 Å². The van der Waals surface area contributed by atoms with Gasteiger partial charge in [-0.15, -0.1) is 0 Å². The van der Waals surface area contributed by atoms with Crippen LogP contribution in [0.25, 0.3) is 0 Å². The van der Waals surface area contributed by atoms with Crippen molar-refractivity contribution in [3.63, 3.8) is 0 Å². The van der Waals surface area contributed by atoms with Crippen molar-refractivity contribution in [2.45, 2.75) is 112 Å². The SMILES string of the molecule is CCCCC=CCC(C)(C)C(C)CCCCCCCCC. The molecule has 0 aliphatic carbocycles. The van der Waals surface area contributed by atoms with Crippen LogP contribution in [0.4, 0.5) is 0 Å². The molecule has 1 atom stereocenters. The summed E-state index contributed by atoms with van der Waals surface area (Å²) in [5.74, 6) is 0.837. The lowest BCUT2D eigenvalue weighted by molar-refractivity contribution is 0.215. The highest BCUT2D eigenvalue weighted by Crippen LogP contribution is 2.34. The second kappa shape index (κ2) is 13.4. The number of unbranched alkanes of at least 4 members (excludes halogenated alkanes) is 8. The van der Waals surface area contributed by atoms with Crippen LogP contribution >= 0.6 is 0 Å². The molecule has 0 nitrogen and oxygen atoms in total. The van der Waals surface area contributed by atoms with Crippen LogP contribution in [0.2, 0.25) is 0 Å². The maximum atomic E-state index is 2.46. The van der Waals surface area contributed by atoms with E-state index in [4.69, 9.17) is 0 Å². The summed E-state index contributed by atoms with van der Waals surface area (Å²) in [5, 5.41) is 0. The molecule has 0 fully saturated rings. The van der Waals surface area contributed by atoms with Gasteiger partial charge in [-0.3, -0.25) is 0 Å². The number of allylic oxidation sites excluding steroid dienone is 2. The third-order valence-corrected chi connectivity index (χ3v) is 5.11. The maximum Gasteiger partial charge on any atom is -0.0294 e. The molecule has 0 aliphatic rings. The second-order valence-electron chi connectivity index (χ2n) is 7.62. The van der Waals surface area contributed by atoms with Gasteiger partial charge in [0.1, 0.15) is 0 Å². The van der Waals surface area contributed by atoms with Crippen molar-refractivity contribution in [2.24, 2.45) is 11.3 Å². The monoisotopic (exact) mass is 294 g/mol. The molecule has 0 heteroatoms. The predicted molar refractivity (Wildman–Crippen MR) is 98.8 cm³/mol. The Balaban J connectivity index is 3.71. The minimum Gasteiger partial charge on any atom is -0.0885 e. The van der Waals surface area contributed by atoms with Gasteiger partial charge >= 0.3 is 0 Å². The lowest BCUT2D eigenvalue weighted by atomic mass is 9.75. The summed E-state index contributed by atoms with van der Waals surface area (Å²) >= 11 is 0. The zero-order chi connectivity index (χ0) is 16.0. The van der Waals surface area contributed by atoms with Crippen LogP contribution in [-0.4, -0.2) is 0 Å². The summed E-state index contributed by atoms with van der Waals surface area (Å²) in [5.41, 5.74) is 0.463. The topological polar surface area (TPSA) is 0 Å². The molecule has 0 N–H and O–H groups in total. The molecule has 21 heavy (non-hydrogen) atoms. The van der Waals surface area contributed by atoms with E-state index in [2.05, 4.69) is 46.8 Å². The van der Waals surface area contributed by atoms with E-state index in [0.29, 0.717) is 5.41 Å². The van der Waals surface area contributed by atoms with E-state index in [0.717, 1.165) is 5.92 Å². The van der Waals surface area contributed by atoms with E-state index in [1.165, 1.54) is 77.0 Å². The van der Waals surface area contributed by atoms with E-state index >= 15 is 0 Å². The van der Waals surface area contributed by atoms with Crippen molar-refractivity contribution < 1.29 is 0 Å². The summed E-state index contributed by atoms with van der Waals surface area (Å²) in [6, 6.07) is 0. The van der Waals surface area contributed by atoms with Crippen LogP contribution in [0.15, 0.2) is 12.2 Å². The van der Waals surface area contributed by atoms with E-state index < -0.39 is 0 Å². The molecule has 126 valence electrons. The highest BCUT2D eigenvalue weighted by atomic mass is 14.3. The van der Waals surface area contributed by atoms with Crippen molar-refractivity contribution >= 4 is 0 Å². The first-order valence-electron chi connectivity index (χ1n) is 9.69. The molecule has 0 saturated carbocycles. The van der Waals surface area contributed by atoms with Gasteiger partial charge in [-0.25, -0.2) is 0 Å². The summed E-state index contributed by atoms with van der Waals surface area (Å²) in [4.78, 5) is 0. The Morgan fingerprint density at radius 3 is 1.95 bits per heavy atom. The van der Waals surface area contributed by atoms with Gasteiger partial charge in [0.2, 0.25) is 0 Å². The average Bonchev–Trinajstić information content (AvgIpc) is 2.45. The summed E-state index contributed by atoms with van der Waals surface area (Å²) in [6.07, 6.45) is 21.4. The molecule has 0 bridgehead atoms. The molecular formula is C21H42. The standard InChI is InChI=1S/C21H42/c1-6-8-10-12-13-14-16-18-20(3)21(4,5)19-17-15-11-9-7-2/h15,17,20H,6-14,16,18-19H2,1-5H3. The van der Waals surface area contributed by atoms with Crippen LogP contribution < -0.4 is 0 Å².